The first-order valence-corrected chi connectivity index (χ1v) is 8.08. The van der Waals surface area contributed by atoms with Crippen molar-refractivity contribution in [1.82, 2.24) is 10.1 Å². The molecule has 0 saturated carbocycles. The van der Waals surface area contributed by atoms with E-state index in [-0.39, 0.29) is 5.91 Å². The molecule has 3 aromatic rings. The predicted molar refractivity (Wildman–Crippen MR) is 89.4 cm³/mol. The molecule has 23 heavy (non-hydrogen) atoms. The minimum Gasteiger partial charge on any atom is -0.338 e. The lowest BCUT2D eigenvalue weighted by Crippen LogP contribution is -2.12. The number of nitrogens with zero attached hydrogens (tertiary/aromatic N) is 2. The van der Waals surface area contributed by atoms with Crippen LogP contribution < -0.4 is 5.32 Å². The number of thioether (sulfide) groups is 1. The van der Waals surface area contributed by atoms with Gasteiger partial charge in [0.1, 0.15) is 0 Å². The Labute approximate surface area is 138 Å². The van der Waals surface area contributed by atoms with Crippen LogP contribution in [0.1, 0.15) is 22.1 Å². The number of carbonyl (C=O) groups is 1. The molecule has 0 radical (unpaired) electrons. The number of rotatable bonds is 5. The Morgan fingerprint density at radius 2 is 1.87 bits per heavy atom. The van der Waals surface area contributed by atoms with Crippen molar-refractivity contribution in [3.8, 4) is 0 Å². The molecule has 0 aliphatic heterocycles. The molecule has 1 aromatic heterocycles. The van der Waals surface area contributed by atoms with Gasteiger partial charge < -0.3 is 9.84 Å². The van der Waals surface area contributed by atoms with E-state index in [1.807, 2.05) is 48.5 Å². The highest BCUT2D eigenvalue weighted by molar-refractivity contribution is 7.98. The minimum absolute atomic E-state index is 0.138. The SMILES string of the molecule is Cc1noc(CSc2ccccc2C(=O)Nc2ccccc2)n1. The van der Waals surface area contributed by atoms with E-state index in [1.54, 1.807) is 13.0 Å². The molecule has 1 amide bonds. The van der Waals surface area contributed by atoms with Crippen LogP contribution in [0.4, 0.5) is 5.69 Å². The summed E-state index contributed by atoms with van der Waals surface area (Å²) in [6.07, 6.45) is 0. The predicted octanol–water partition coefficient (Wildman–Crippen LogP) is 3.92. The molecule has 0 spiro atoms. The molecule has 116 valence electrons. The van der Waals surface area contributed by atoms with E-state index in [4.69, 9.17) is 4.52 Å². The number of nitrogens with one attached hydrogen (secondary N) is 1. The van der Waals surface area contributed by atoms with Crippen LogP contribution in [0.15, 0.2) is 64.0 Å². The van der Waals surface area contributed by atoms with Crippen molar-refractivity contribution >= 4 is 23.4 Å². The summed E-state index contributed by atoms with van der Waals surface area (Å²) in [6, 6.07) is 16.9. The van der Waals surface area contributed by atoms with E-state index in [0.29, 0.717) is 23.0 Å². The highest BCUT2D eigenvalue weighted by atomic mass is 32.2. The summed E-state index contributed by atoms with van der Waals surface area (Å²) in [5.41, 5.74) is 1.39. The minimum atomic E-state index is -0.138. The first-order valence-electron chi connectivity index (χ1n) is 7.10. The van der Waals surface area contributed by atoms with E-state index >= 15 is 0 Å². The molecular weight excluding hydrogens is 310 g/mol. The van der Waals surface area contributed by atoms with Gasteiger partial charge in [-0.05, 0) is 31.2 Å². The largest absolute Gasteiger partial charge is 0.338 e. The molecule has 0 aliphatic carbocycles. The number of anilines is 1. The normalized spacial score (nSPS) is 10.5. The van der Waals surface area contributed by atoms with Crippen molar-refractivity contribution in [2.75, 3.05) is 5.32 Å². The van der Waals surface area contributed by atoms with Gasteiger partial charge in [0.2, 0.25) is 5.89 Å². The zero-order chi connectivity index (χ0) is 16.1. The summed E-state index contributed by atoms with van der Waals surface area (Å²) in [7, 11) is 0. The third-order valence-corrected chi connectivity index (χ3v) is 4.14. The average Bonchev–Trinajstić information content (AvgIpc) is 2.99. The van der Waals surface area contributed by atoms with Gasteiger partial charge in [-0.15, -0.1) is 11.8 Å². The van der Waals surface area contributed by atoms with Crippen molar-refractivity contribution < 1.29 is 9.32 Å². The van der Waals surface area contributed by atoms with Crippen LogP contribution in [0.2, 0.25) is 0 Å². The second-order valence-electron chi connectivity index (χ2n) is 4.84. The highest BCUT2D eigenvalue weighted by Crippen LogP contribution is 2.26. The van der Waals surface area contributed by atoms with E-state index in [9.17, 15) is 4.79 Å². The Kier molecular flexibility index (Phi) is 4.73. The Bertz CT molecular complexity index is 802. The number of hydrogen-bond donors (Lipinski definition) is 1. The fraction of sp³-hybridized carbons (Fsp3) is 0.118. The molecular formula is C17H15N3O2S. The number of aryl methyl sites for hydroxylation is 1. The Morgan fingerprint density at radius 1 is 1.13 bits per heavy atom. The van der Waals surface area contributed by atoms with Crippen LogP contribution in [0.25, 0.3) is 0 Å². The zero-order valence-electron chi connectivity index (χ0n) is 12.5. The molecule has 5 nitrogen and oxygen atoms in total. The lowest BCUT2D eigenvalue weighted by Gasteiger charge is -2.09. The smallest absolute Gasteiger partial charge is 0.256 e. The molecule has 3 rings (SSSR count). The number of para-hydroxylation sites is 1. The van der Waals surface area contributed by atoms with Crippen LogP contribution in [0, 0.1) is 6.92 Å². The Hall–Kier alpha value is -2.60. The van der Waals surface area contributed by atoms with E-state index in [0.717, 1.165) is 10.6 Å². The molecule has 0 unspecified atom stereocenters. The molecule has 1 N–H and O–H groups in total. The fourth-order valence-corrected chi connectivity index (χ4v) is 2.93. The van der Waals surface area contributed by atoms with Crippen LogP contribution >= 0.6 is 11.8 Å². The van der Waals surface area contributed by atoms with Gasteiger partial charge in [0.05, 0.1) is 11.3 Å². The van der Waals surface area contributed by atoms with Gasteiger partial charge >= 0.3 is 0 Å². The first-order chi connectivity index (χ1) is 11.2. The molecule has 0 bridgehead atoms. The quantitative estimate of drug-likeness (QED) is 0.720. The van der Waals surface area contributed by atoms with Crippen LogP contribution in [-0.4, -0.2) is 16.0 Å². The lowest BCUT2D eigenvalue weighted by atomic mass is 10.2. The standard InChI is InChI=1S/C17H15N3O2S/c1-12-18-16(22-20-12)11-23-15-10-6-5-9-14(15)17(21)19-13-7-3-2-4-8-13/h2-10H,11H2,1H3,(H,19,21). The van der Waals surface area contributed by atoms with Crippen LogP contribution in [-0.2, 0) is 5.75 Å². The summed E-state index contributed by atoms with van der Waals surface area (Å²) in [5, 5.41) is 6.66. The highest BCUT2D eigenvalue weighted by Gasteiger charge is 2.13. The summed E-state index contributed by atoms with van der Waals surface area (Å²) >= 11 is 1.50. The second kappa shape index (κ2) is 7.11. The lowest BCUT2D eigenvalue weighted by molar-refractivity contribution is 0.102. The summed E-state index contributed by atoms with van der Waals surface area (Å²) in [4.78, 5) is 17.5. The third-order valence-electron chi connectivity index (χ3n) is 3.08. The number of aromatic nitrogens is 2. The van der Waals surface area contributed by atoms with Crippen molar-refractivity contribution in [2.45, 2.75) is 17.6 Å². The maximum Gasteiger partial charge on any atom is 0.256 e. The summed E-state index contributed by atoms with van der Waals surface area (Å²) in [5.74, 6) is 1.54. The molecule has 0 atom stereocenters. The molecule has 0 aliphatic rings. The Morgan fingerprint density at radius 3 is 2.61 bits per heavy atom. The number of amides is 1. The van der Waals surface area contributed by atoms with Crippen LogP contribution in [0.5, 0.6) is 0 Å². The topological polar surface area (TPSA) is 68.0 Å². The van der Waals surface area contributed by atoms with Gasteiger partial charge in [0, 0.05) is 10.6 Å². The second-order valence-corrected chi connectivity index (χ2v) is 5.86. The van der Waals surface area contributed by atoms with Gasteiger partial charge in [0.15, 0.2) is 5.82 Å². The molecule has 0 fully saturated rings. The molecule has 0 saturated heterocycles. The number of carbonyl (C=O) groups excluding carboxylic acids is 1. The molecule has 1 heterocycles. The zero-order valence-corrected chi connectivity index (χ0v) is 13.3. The Balaban J connectivity index is 1.73. The first kappa shape index (κ1) is 15.3. The van der Waals surface area contributed by atoms with Gasteiger partial charge in [-0.2, -0.15) is 4.98 Å². The van der Waals surface area contributed by atoms with Crippen molar-refractivity contribution in [2.24, 2.45) is 0 Å². The van der Waals surface area contributed by atoms with Gasteiger partial charge in [0.25, 0.3) is 5.91 Å². The number of hydrogen-bond acceptors (Lipinski definition) is 5. The third kappa shape index (κ3) is 3.98. The van der Waals surface area contributed by atoms with E-state index in [2.05, 4.69) is 15.5 Å². The van der Waals surface area contributed by atoms with E-state index < -0.39 is 0 Å². The summed E-state index contributed by atoms with van der Waals surface area (Å²) in [6.45, 7) is 1.78. The maximum absolute atomic E-state index is 12.5. The average molecular weight is 325 g/mol. The van der Waals surface area contributed by atoms with Crippen molar-refractivity contribution in [1.29, 1.82) is 0 Å². The van der Waals surface area contributed by atoms with E-state index in [1.165, 1.54) is 11.8 Å². The fourth-order valence-electron chi connectivity index (χ4n) is 2.04. The summed E-state index contributed by atoms with van der Waals surface area (Å²) < 4.78 is 5.10. The van der Waals surface area contributed by atoms with Crippen LogP contribution in [0.3, 0.4) is 0 Å². The van der Waals surface area contributed by atoms with Crippen molar-refractivity contribution in [3.63, 3.8) is 0 Å². The van der Waals surface area contributed by atoms with Gasteiger partial charge in [-0.3, -0.25) is 4.79 Å². The van der Waals surface area contributed by atoms with Crippen molar-refractivity contribution in [3.05, 3.63) is 71.9 Å². The van der Waals surface area contributed by atoms with Gasteiger partial charge in [-0.1, -0.05) is 35.5 Å². The molecule has 6 heteroatoms. The number of benzene rings is 2. The van der Waals surface area contributed by atoms with Gasteiger partial charge in [-0.25, -0.2) is 0 Å². The monoisotopic (exact) mass is 325 g/mol. The maximum atomic E-state index is 12.5. The molecule has 2 aromatic carbocycles.